The summed E-state index contributed by atoms with van der Waals surface area (Å²) in [6, 6.07) is 0.195. The Morgan fingerprint density at radius 3 is 2.87 bits per heavy atom. The van der Waals surface area contributed by atoms with Gasteiger partial charge in [0.05, 0.1) is 17.4 Å². The highest BCUT2D eigenvalue weighted by atomic mass is 32.1. The molecule has 4 rings (SSSR count). The molecule has 1 aliphatic heterocycles. The van der Waals surface area contributed by atoms with E-state index < -0.39 is 0 Å². The molecule has 0 aromatic carbocycles. The third-order valence-electron chi connectivity index (χ3n) is 4.71. The van der Waals surface area contributed by atoms with Gasteiger partial charge in [-0.2, -0.15) is 0 Å². The molecule has 0 saturated carbocycles. The quantitative estimate of drug-likeness (QED) is 0.906. The fourth-order valence-electron chi connectivity index (χ4n) is 3.42. The normalized spacial score (nSPS) is 18.7. The maximum Gasteiger partial charge on any atom is 0.133 e. The molecule has 2 aromatic heterocycles. The van der Waals surface area contributed by atoms with Crippen LogP contribution in [0.2, 0.25) is 0 Å². The Kier molecular flexibility index (Phi) is 4.27. The molecule has 1 atom stereocenters. The molecule has 0 fully saturated rings. The molecule has 2 aliphatic rings. The van der Waals surface area contributed by atoms with E-state index >= 15 is 0 Å². The lowest BCUT2D eigenvalue weighted by Gasteiger charge is -2.16. The minimum absolute atomic E-state index is 0.195. The lowest BCUT2D eigenvalue weighted by atomic mass is 10.0. The van der Waals surface area contributed by atoms with Gasteiger partial charge in [0.1, 0.15) is 17.2 Å². The number of rotatable bonds is 3. The largest absolute Gasteiger partial charge is 0.361 e. The molecule has 3 heterocycles. The van der Waals surface area contributed by atoms with Gasteiger partial charge >= 0.3 is 0 Å². The summed E-state index contributed by atoms with van der Waals surface area (Å²) < 4.78 is 0. The van der Waals surface area contributed by atoms with Crippen LogP contribution in [0, 0.1) is 0 Å². The van der Waals surface area contributed by atoms with Crippen LogP contribution in [-0.2, 0) is 25.7 Å². The van der Waals surface area contributed by atoms with Crippen molar-refractivity contribution in [2.75, 3.05) is 18.4 Å². The molecule has 2 N–H and O–H groups in total. The predicted octanol–water partition coefficient (Wildman–Crippen LogP) is 2.67. The van der Waals surface area contributed by atoms with E-state index in [2.05, 4.69) is 27.5 Å². The maximum absolute atomic E-state index is 4.88. The van der Waals surface area contributed by atoms with Crippen molar-refractivity contribution in [1.29, 1.82) is 0 Å². The fourth-order valence-corrected chi connectivity index (χ4v) is 4.58. The highest BCUT2D eigenvalue weighted by Crippen LogP contribution is 2.31. The third-order valence-corrected chi connectivity index (χ3v) is 6.05. The van der Waals surface area contributed by atoms with E-state index in [0.29, 0.717) is 0 Å². The zero-order chi connectivity index (χ0) is 15.6. The molecule has 122 valence electrons. The van der Waals surface area contributed by atoms with Crippen molar-refractivity contribution in [3.8, 4) is 0 Å². The Morgan fingerprint density at radius 2 is 1.96 bits per heavy atom. The monoisotopic (exact) mass is 329 g/mol. The van der Waals surface area contributed by atoms with Crippen molar-refractivity contribution in [2.24, 2.45) is 0 Å². The highest BCUT2D eigenvalue weighted by Gasteiger charge is 2.20. The van der Waals surface area contributed by atoms with Crippen molar-refractivity contribution >= 4 is 17.2 Å². The Balaban J connectivity index is 1.57. The molecule has 0 radical (unpaired) electrons. The van der Waals surface area contributed by atoms with Crippen molar-refractivity contribution in [1.82, 2.24) is 20.3 Å². The summed E-state index contributed by atoms with van der Waals surface area (Å²) in [5.41, 5.74) is 3.78. The van der Waals surface area contributed by atoms with Gasteiger partial charge in [0.25, 0.3) is 0 Å². The summed E-state index contributed by atoms with van der Waals surface area (Å²) in [7, 11) is 0. The summed E-state index contributed by atoms with van der Waals surface area (Å²) in [5.74, 6) is 0.986. The first-order valence-corrected chi connectivity index (χ1v) is 9.41. The number of hydrogen-bond acceptors (Lipinski definition) is 6. The molecule has 23 heavy (non-hydrogen) atoms. The number of nitrogens with zero attached hydrogens (tertiary/aromatic N) is 3. The van der Waals surface area contributed by atoms with E-state index in [-0.39, 0.29) is 6.04 Å². The number of nitrogens with one attached hydrogen (secondary N) is 2. The van der Waals surface area contributed by atoms with E-state index in [1.807, 2.05) is 11.3 Å². The van der Waals surface area contributed by atoms with Crippen LogP contribution in [0.3, 0.4) is 0 Å². The van der Waals surface area contributed by atoms with E-state index in [9.17, 15) is 0 Å². The highest BCUT2D eigenvalue weighted by molar-refractivity contribution is 7.11. The Hall–Kier alpha value is -1.53. The van der Waals surface area contributed by atoms with E-state index in [1.54, 1.807) is 6.33 Å². The van der Waals surface area contributed by atoms with Crippen LogP contribution in [0.5, 0.6) is 0 Å². The van der Waals surface area contributed by atoms with Gasteiger partial charge in [-0.25, -0.2) is 15.0 Å². The van der Waals surface area contributed by atoms with Crippen LogP contribution in [-0.4, -0.2) is 28.0 Å². The average molecular weight is 329 g/mol. The molecular formula is C17H23N5S. The smallest absolute Gasteiger partial charge is 0.133 e. The van der Waals surface area contributed by atoms with Crippen LogP contribution in [0.25, 0.3) is 0 Å². The summed E-state index contributed by atoms with van der Waals surface area (Å²) in [5, 5.41) is 8.22. The molecule has 0 bridgehead atoms. The van der Waals surface area contributed by atoms with E-state index in [4.69, 9.17) is 4.98 Å². The van der Waals surface area contributed by atoms with Gasteiger partial charge < -0.3 is 10.6 Å². The lowest BCUT2D eigenvalue weighted by molar-refractivity contribution is 0.678. The van der Waals surface area contributed by atoms with Crippen molar-refractivity contribution in [2.45, 2.75) is 51.5 Å². The first kappa shape index (κ1) is 15.0. The van der Waals surface area contributed by atoms with Gasteiger partial charge in [0.2, 0.25) is 0 Å². The maximum atomic E-state index is 4.88. The van der Waals surface area contributed by atoms with Crippen molar-refractivity contribution in [3.05, 3.63) is 33.2 Å². The first-order chi connectivity index (χ1) is 11.3. The van der Waals surface area contributed by atoms with Gasteiger partial charge in [-0.15, -0.1) is 11.3 Å². The SMILES string of the molecule is C[C@H](Nc1ncnc2c1CCNCC2)c1nc2c(s1)CCCC2. The summed E-state index contributed by atoms with van der Waals surface area (Å²) in [4.78, 5) is 15.3. The Morgan fingerprint density at radius 1 is 1.09 bits per heavy atom. The van der Waals surface area contributed by atoms with Crippen LogP contribution in [0.1, 0.15) is 52.6 Å². The molecule has 5 nitrogen and oxygen atoms in total. The van der Waals surface area contributed by atoms with Crippen molar-refractivity contribution < 1.29 is 0 Å². The fraction of sp³-hybridized carbons (Fsp3) is 0.588. The van der Waals surface area contributed by atoms with Gasteiger partial charge in [-0.3, -0.25) is 0 Å². The minimum atomic E-state index is 0.195. The van der Waals surface area contributed by atoms with Crippen LogP contribution < -0.4 is 10.6 Å². The zero-order valence-electron chi connectivity index (χ0n) is 13.6. The van der Waals surface area contributed by atoms with Crippen LogP contribution in [0.15, 0.2) is 6.33 Å². The lowest BCUT2D eigenvalue weighted by Crippen LogP contribution is -2.16. The van der Waals surface area contributed by atoms with Crippen molar-refractivity contribution in [3.63, 3.8) is 0 Å². The number of aryl methyl sites for hydroxylation is 2. The average Bonchev–Trinajstić information content (AvgIpc) is 2.86. The Bertz CT molecular complexity index is 673. The van der Waals surface area contributed by atoms with Crippen LogP contribution in [0.4, 0.5) is 5.82 Å². The Labute approximate surface area is 141 Å². The van der Waals surface area contributed by atoms with Crippen LogP contribution >= 0.6 is 11.3 Å². The van der Waals surface area contributed by atoms with Gasteiger partial charge in [-0.1, -0.05) is 0 Å². The van der Waals surface area contributed by atoms with Gasteiger partial charge in [0.15, 0.2) is 0 Å². The van der Waals surface area contributed by atoms with Gasteiger partial charge in [0, 0.05) is 23.4 Å². The molecule has 0 unspecified atom stereocenters. The predicted molar refractivity (Wildman–Crippen MR) is 93.1 cm³/mol. The van der Waals surface area contributed by atoms with Gasteiger partial charge in [-0.05, 0) is 45.6 Å². The number of anilines is 1. The van der Waals surface area contributed by atoms with E-state index in [0.717, 1.165) is 38.2 Å². The zero-order valence-corrected chi connectivity index (χ0v) is 14.4. The second-order valence-electron chi connectivity index (χ2n) is 6.39. The summed E-state index contributed by atoms with van der Waals surface area (Å²) in [6.45, 7) is 4.18. The molecule has 0 amide bonds. The first-order valence-electron chi connectivity index (χ1n) is 8.60. The number of thiazole rings is 1. The third kappa shape index (κ3) is 3.10. The minimum Gasteiger partial charge on any atom is -0.361 e. The molecule has 1 aliphatic carbocycles. The second-order valence-corrected chi connectivity index (χ2v) is 7.51. The number of hydrogen-bond donors (Lipinski definition) is 2. The van der Waals surface area contributed by atoms with E-state index in [1.165, 1.54) is 46.1 Å². The second kappa shape index (κ2) is 6.53. The molecule has 0 saturated heterocycles. The summed E-state index contributed by atoms with van der Waals surface area (Å²) >= 11 is 1.87. The number of aromatic nitrogens is 3. The molecule has 0 spiro atoms. The number of fused-ring (bicyclic) bond motifs is 2. The molecule has 6 heteroatoms. The summed E-state index contributed by atoms with van der Waals surface area (Å²) in [6.07, 6.45) is 8.59. The molecular weight excluding hydrogens is 306 g/mol. The standard InChI is InChI=1S/C17H23N5S/c1-11(17-22-14-4-2-3-5-15(14)23-17)21-16-12-6-8-18-9-7-13(12)19-10-20-16/h10-11,18H,2-9H2,1H3,(H,19,20,21)/t11-/m0/s1. The topological polar surface area (TPSA) is 62.7 Å². The molecule has 2 aromatic rings.